The van der Waals surface area contributed by atoms with Crippen molar-refractivity contribution in [2.24, 2.45) is 0 Å². The van der Waals surface area contributed by atoms with Gasteiger partial charge in [0.15, 0.2) is 12.0 Å². The van der Waals surface area contributed by atoms with Crippen LogP contribution in [0.3, 0.4) is 0 Å². The van der Waals surface area contributed by atoms with Crippen LogP contribution in [0, 0.1) is 5.82 Å². The van der Waals surface area contributed by atoms with Crippen molar-refractivity contribution in [2.45, 2.75) is 6.92 Å². The van der Waals surface area contributed by atoms with E-state index >= 15 is 0 Å². The fourth-order valence-electron chi connectivity index (χ4n) is 2.20. The number of nitrogens with zero attached hydrogens (tertiary/aromatic N) is 2. The van der Waals surface area contributed by atoms with Crippen molar-refractivity contribution < 1.29 is 23.2 Å². The minimum absolute atomic E-state index is 0.0506. The number of esters is 1. The Hall–Kier alpha value is -2.67. The molecule has 2 rings (SSSR count). The van der Waals surface area contributed by atoms with Gasteiger partial charge in [-0.05, 0) is 19.1 Å². The van der Waals surface area contributed by atoms with E-state index in [4.69, 9.17) is 20.9 Å². The first-order valence-electron chi connectivity index (χ1n) is 7.35. The molecule has 2 aromatic rings. The van der Waals surface area contributed by atoms with Gasteiger partial charge in [0.05, 0.1) is 22.8 Å². The van der Waals surface area contributed by atoms with E-state index in [0.717, 1.165) is 0 Å². The predicted molar refractivity (Wildman–Crippen MR) is 90.6 cm³/mol. The molecule has 0 saturated carbocycles. The number of hydrogen-bond acceptors (Lipinski definition) is 6. The highest BCUT2D eigenvalue weighted by atomic mass is 35.5. The minimum atomic E-state index is -0.792. The third kappa shape index (κ3) is 3.88. The van der Waals surface area contributed by atoms with Crippen LogP contribution in [0.25, 0.3) is 16.8 Å². The van der Waals surface area contributed by atoms with Crippen molar-refractivity contribution in [1.82, 2.24) is 10.1 Å². The normalized spacial score (nSPS) is 11.3. The number of aldehydes is 1. The Bertz CT molecular complexity index is 810. The van der Waals surface area contributed by atoms with Crippen LogP contribution in [0.1, 0.15) is 23.0 Å². The SMILES string of the molecule is CCOC(=O)c1c(-c2c(F)cccc2Cl)noc1/C(C=O)=C/N(C)C. The van der Waals surface area contributed by atoms with Crippen LogP contribution >= 0.6 is 11.6 Å². The first-order chi connectivity index (χ1) is 11.9. The fourth-order valence-corrected chi connectivity index (χ4v) is 2.45. The van der Waals surface area contributed by atoms with Crippen molar-refractivity contribution in [3.63, 3.8) is 0 Å². The lowest BCUT2D eigenvalue weighted by Gasteiger charge is -2.08. The van der Waals surface area contributed by atoms with E-state index in [0.29, 0.717) is 6.29 Å². The van der Waals surface area contributed by atoms with Crippen molar-refractivity contribution in [3.05, 3.63) is 46.6 Å². The number of halogens is 2. The third-order valence-electron chi connectivity index (χ3n) is 3.16. The maximum Gasteiger partial charge on any atom is 0.344 e. The van der Waals surface area contributed by atoms with Gasteiger partial charge < -0.3 is 14.2 Å². The molecule has 0 aliphatic carbocycles. The van der Waals surface area contributed by atoms with Crippen LogP contribution in [0.5, 0.6) is 0 Å². The Morgan fingerprint density at radius 1 is 1.44 bits per heavy atom. The Kier molecular flexibility index (Phi) is 5.93. The summed E-state index contributed by atoms with van der Waals surface area (Å²) < 4.78 is 24.4. The van der Waals surface area contributed by atoms with Gasteiger partial charge >= 0.3 is 5.97 Å². The summed E-state index contributed by atoms with van der Waals surface area (Å²) in [5.41, 5.74) is -0.325. The second-order valence-corrected chi connectivity index (χ2v) is 5.63. The highest BCUT2D eigenvalue weighted by Crippen LogP contribution is 2.35. The summed E-state index contributed by atoms with van der Waals surface area (Å²) >= 11 is 6.06. The highest BCUT2D eigenvalue weighted by Gasteiger charge is 2.30. The second kappa shape index (κ2) is 7.94. The van der Waals surface area contributed by atoms with Crippen LogP contribution in [-0.4, -0.2) is 43.0 Å². The zero-order valence-corrected chi connectivity index (χ0v) is 14.6. The first-order valence-corrected chi connectivity index (χ1v) is 7.73. The molecule has 8 heteroatoms. The van der Waals surface area contributed by atoms with E-state index in [-0.39, 0.29) is 39.8 Å². The average molecular weight is 367 g/mol. The molecular weight excluding hydrogens is 351 g/mol. The van der Waals surface area contributed by atoms with Gasteiger partial charge in [-0.25, -0.2) is 9.18 Å². The van der Waals surface area contributed by atoms with E-state index in [1.54, 1.807) is 25.9 Å². The largest absolute Gasteiger partial charge is 0.462 e. The zero-order valence-electron chi connectivity index (χ0n) is 13.9. The molecule has 0 spiro atoms. The molecule has 0 amide bonds. The molecular formula is C17H16ClFN2O4. The van der Waals surface area contributed by atoms with Gasteiger partial charge in [0.2, 0.25) is 0 Å². The number of carbonyl (C=O) groups is 2. The number of allylic oxidation sites excluding steroid dienone is 1. The van der Waals surface area contributed by atoms with Gasteiger partial charge in [0.25, 0.3) is 0 Å². The molecule has 0 atom stereocenters. The molecule has 0 saturated heterocycles. The quantitative estimate of drug-likeness (QED) is 0.443. The molecule has 0 unspecified atom stereocenters. The van der Waals surface area contributed by atoms with Crippen molar-refractivity contribution in [2.75, 3.05) is 20.7 Å². The Labute approximate surface area is 148 Å². The maximum atomic E-state index is 14.3. The van der Waals surface area contributed by atoms with E-state index < -0.39 is 11.8 Å². The summed E-state index contributed by atoms with van der Waals surface area (Å²) in [6, 6.07) is 4.06. The molecule has 0 aliphatic heterocycles. The molecule has 132 valence electrons. The first kappa shape index (κ1) is 18.7. The molecule has 6 nitrogen and oxygen atoms in total. The molecule has 0 N–H and O–H groups in total. The second-order valence-electron chi connectivity index (χ2n) is 5.22. The lowest BCUT2D eigenvalue weighted by molar-refractivity contribution is -0.103. The van der Waals surface area contributed by atoms with Crippen LogP contribution in [0.15, 0.2) is 28.9 Å². The standard InChI is InChI=1S/C17H16ClFN2O4/c1-4-24-17(23)14-15(13-11(18)6-5-7-12(13)19)20-25-16(14)10(9-22)8-21(2)3/h5-9H,4H2,1-3H3/b10-8+. The van der Waals surface area contributed by atoms with Crippen LogP contribution in [0.4, 0.5) is 4.39 Å². The van der Waals surface area contributed by atoms with Gasteiger partial charge in [0, 0.05) is 20.3 Å². The predicted octanol–water partition coefficient (Wildman–Crippen LogP) is 3.41. The topological polar surface area (TPSA) is 72.6 Å². The number of ether oxygens (including phenoxy) is 1. The summed E-state index contributed by atoms with van der Waals surface area (Å²) in [5, 5.41) is 3.82. The number of hydrogen-bond donors (Lipinski definition) is 0. The van der Waals surface area contributed by atoms with Crippen LogP contribution in [0.2, 0.25) is 5.02 Å². The number of benzene rings is 1. The maximum absolute atomic E-state index is 14.3. The summed E-state index contributed by atoms with van der Waals surface area (Å²) in [4.78, 5) is 25.4. The summed E-state index contributed by atoms with van der Waals surface area (Å²) in [7, 11) is 3.39. The van der Waals surface area contributed by atoms with Crippen molar-refractivity contribution >= 4 is 29.4 Å². The lowest BCUT2D eigenvalue weighted by Crippen LogP contribution is -2.10. The minimum Gasteiger partial charge on any atom is -0.462 e. The van der Waals surface area contributed by atoms with Gasteiger partial charge in [0.1, 0.15) is 17.1 Å². The molecule has 1 aromatic carbocycles. The van der Waals surface area contributed by atoms with E-state index in [1.165, 1.54) is 24.4 Å². The molecule has 0 aliphatic rings. The summed E-state index contributed by atoms with van der Waals surface area (Å²) in [5.74, 6) is -1.59. The van der Waals surface area contributed by atoms with Crippen molar-refractivity contribution in [1.29, 1.82) is 0 Å². The van der Waals surface area contributed by atoms with Gasteiger partial charge in [-0.1, -0.05) is 22.8 Å². The highest BCUT2D eigenvalue weighted by molar-refractivity contribution is 6.33. The van der Waals surface area contributed by atoms with Crippen LogP contribution < -0.4 is 0 Å². The van der Waals surface area contributed by atoms with Crippen molar-refractivity contribution in [3.8, 4) is 11.3 Å². The molecule has 1 heterocycles. The van der Waals surface area contributed by atoms with Gasteiger partial charge in [-0.2, -0.15) is 0 Å². The lowest BCUT2D eigenvalue weighted by atomic mass is 10.0. The smallest absolute Gasteiger partial charge is 0.344 e. The van der Waals surface area contributed by atoms with E-state index in [2.05, 4.69) is 5.16 Å². The summed E-state index contributed by atoms with van der Waals surface area (Å²) in [6.45, 7) is 1.71. The number of aromatic nitrogens is 1. The number of carbonyl (C=O) groups excluding carboxylic acids is 2. The Morgan fingerprint density at radius 3 is 2.72 bits per heavy atom. The third-order valence-corrected chi connectivity index (χ3v) is 3.47. The fraction of sp³-hybridized carbons (Fsp3) is 0.235. The van der Waals surface area contributed by atoms with E-state index in [1.807, 2.05) is 0 Å². The van der Waals surface area contributed by atoms with Crippen LogP contribution in [-0.2, 0) is 9.53 Å². The van der Waals surface area contributed by atoms with Gasteiger partial charge in [-0.15, -0.1) is 0 Å². The van der Waals surface area contributed by atoms with Gasteiger partial charge in [-0.3, -0.25) is 4.79 Å². The molecule has 1 aromatic heterocycles. The number of rotatable bonds is 6. The Balaban J connectivity index is 2.75. The molecule has 0 fully saturated rings. The molecule has 25 heavy (non-hydrogen) atoms. The zero-order chi connectivity index (χ0) is 18.6. The summed E-state index contributed by atoms with van der Waals surface area (Å²) in [6.07, 6.45) is 1.96. The molecule has 0 bridgehead atoms. The molecule has 0 radical (unpaired) electrons. The van der Waals surface area contributed by atoms with E-state index in [9.17, 15) is 14.0 Å². The Morgan fingerprint density at radius 2 is 2.16 bits per heavy atom. The monoisotopic (exact) mass is 366 g/mol. The average Bonchev–Trinajstić information content (AvgIpc) is 2.97.